The molecule has 0 radical (unpaired) electrons. The molecule has 0 aliphatic heterocycles. The lowest BCUT2D eigenvalue weighted by atomic mass is 10.1. The van der Waals surface area contributed by atoms with Crippen molar-refractivity contribution in [1.29, 1.82) is 0 Å². The minimum absolute atomic E-state index is 0.141. The average molecular weight is 260 g/mol. The minimum Gasteiger partial charge on any atom is -0.481 e. The van der Waals surface area contributed by atoms with E-state index in [0.29, 0.717) is 17.8 Å². The number of urea groups is 1. The van der Waals surface area contributed by atoms with E-state index in [-0.39, 0.29) is 19.0 Å². The summed E-state index contributed by atoms with van der Waals surface area (Å²) < 4.78 is 0. The predicted molar refractivity (Wildman–Crippen MR) is 72.9 cm³/mol. The monoisotopic (exact) mass is 260 g/mol. The summed E-state index contributed by atoms with van der Waals surface area (Å²) in [7, 11) is 0. The first-order valence-electron chi connectivity index (χ1n) is 5.87. The lowest BCUT2D eigenvalue weighted by Crippen LogP contribution is -2.35. The van der Waals surface area contributed by atoms with Gasteiger partial charge in [-0.25, -0.2) is 4.79 Å². The molecule has 2 N–H and O–H groups in total. The summed E-state index contributed by atoms with van der Waals surface area (Å²) in [5, 5.41) is 11.5. The molecule has 0 aliphatic carbocycles. The molecule has 0 spiro atoms. The molecule has 0 saturated heterocycles. The predicted octanol–water partition coefficient (Wildman–Crippen LogP) is 1.80. The maximum Gasteiger partial charge on any atom is 0.322 e. The van der Waals surface area contributed by atoms with E-state index < -0.39 is 5.97 Å². The Bertz CT molecular complexity index is 506. The van der Waals surface area contributed by atoms with E-state index in [4.69, 9.17) is 11.5 Å². The molecular weight excluding hydrogens is 244 g/mol. The maximum atomic E-state index is 11.9. The second-order valence-electron chi connectivity index (χ2n) is 3.88. The Hall–Kier alpha value is -2.48. The molecule has 5 nitrogen and oxygen atoms in total. The van der Waals surface area contributed by atoms with Crippen molar-refractivity contribution >= 4 is 17.7 Å². The summed E-state index contributed by atoms with van der Waals surface area (Å²) in [4.78, 5) is 24.1. The van der Waals surface area contributed by atoms with Crippen LogP contribution >= 0.6 is 0 Å². The number of rotatable bonds is 5. The van der Waals surface area contributed by atoms with Crippen molar-refractivity contribution < 1.29 is 14.7 Å². The molecule has 0 fully saturated rings. The van der Waals surface area contributed by atoms with Gasteiger partial charge in [0, 0.05) is 12.2 Å². The van der Waals surface area contributed by atoms with E-state index in [1.165, 1.54) is 4.90 Å². The van der Waals surface area contributed by atoms with Crippen molar-refractivity contribution in [3.63, 3.8) is 0 Å². The van der Waals surface area contributed by atoms with Crippen LogP contribution in [0, 0.1) is 12.3 Å². The summed E-state index contributed by atoms with van der Waals surface area (Å²) in [6.07, 6.45) is 5.04. The molecule has 1 aromatic carbocycles. The van der Waals surface area contributed by atoms with Crippen molar-refractivity contribution in [2.24, 2.45) is 0 Å². The van der Waals surface area contributed by atoms with Crippen molar-refractivity contribution in [2.75, 3.05) is 18.4 Å². The van der Waals surface area contributed by atoms with Crippen LogP contribution in [-0.2, 0) is 11.2 Å². The number of carbonyl (C=O) groups excluding carboxylic acids is 1. The van der Waals surface area contributed by atoms with Gasteiger partial charge >= 0.3 is 12.0 Å². The van der Waals surface area contributed by atoms with Crippen LogP contribution in [0.4, 0.5) is 10.5 Å². The molecule has 2 amide bonds. The Balaban J connectivity index is 2.84. The molecule has 0 aliphatic rings. The molecule has 1 rings (SSSR count). The minimum atomic E-state index is -0.947. The van der Waals surface area contributed by atoms with Gasteiger partial charge in [-0.1, -0.05) is 24.1 Å². The Labute approximate surface area is 112 Å². The number of anilines is 1. The average Bonchev–Trinajstić information content (AvgIpc) is 2.37. The molecule has 0 saturated carbocycles. The summed E-state index contributed by atoms with van der Waals surface area (Å²) >= 11 is 0. The summed E-state index contributed by atoms with van der Waals surface area (Å²) in [6.45, 7) is 2.51. The standard InChI is InChI=1S/C14H16N2O3/c1-3-9-16(4-2)14(19)15-12-8-6-5-7-11(12)10-13(17)18/h1,5-8H,4,9-10H2,2H3,(H,15,19)(H,17,18). The van der Waals surface area contributed by atoms with Crippen LogP contribution in [0.1, 0.15) is 12.5 Å². The highest BCUT2D eigenvalue weighted by Gasteiger charge is 2.13. The van der Waals surface area contributed by atoms with Gasteiger partial charge in [0.05, 0.1) is 13.0 Å². The van der Waals surface area contributed by atoms with Crippen LogP contribution in [0.25, 0.3) is 0 Å². The molecule has 0 atom stereocenters. The van der Waals surface area contributed by atoms with E-state index in [2.05, 4.69) is 11.2 Å². The number of nitrogens with one attached hydrogen (secondary N) is 1. The van der Waals surface area contributed by atoms with Gasteiger partial charge in [0.25, 0.3) is 0 Å². The molecule has 0 bridgehead atoms. The van der Waals surface area contributed by atoms with Crippen molar-refractivity contribution in [2.45, 2.75) is 13.3 Å². The van der Waals surface area contributed by atoms with Crippen LogP contribution in [0.2, 0.25) is 0 Å². The third-order valence-corrected chi connectivity index (χ3v) is 2.55. The van der Waals surface area contributed by atoms with E-state index in [1.807, 2.05) is 6.92 Å². The largest absolute Gasteiger partial charge is 0.481 e. The van der Waals surface area contributed by atoms with Gasteiger partial charge in [-0.2, -0.15) is 0 Å². The van der Waals surface area contributed by atoms with Crippen LogP contribution in [0.3, 0.4) is 0 Å². The highest BCUT2D eigenvalue weighted by atomic mass is 16.4. The van der Waals surface area contributed by atoms with Gasteiger partial charge in [0.1, 0.15) is 0 Å². The lowest BCUT2D eigenvalue weighted by Gasteiger charge is -2.19. The fourth-order valence-electron chi connectivity index (χ4n) is 1.59. The third kappa shape index (κ3) is 4.36. The zero-order valence-corrected chi connectivity index (χ0v) is 10.7. The smallest absolute Gasteiger partial charge is 0.322 e. The summed E-state index contributed by atoms with van der Waals surface area (Å²) in [6, 6.07) is 6.46. The van der Waals surface area contributed by atoms with Gasteiger partial charge in [-0.15, -0.1) is 6.42 Å². The fraction of sp³-hybridized carbons (Fsp3) is 0.286. The highest BCUT2D eigenvalue weighted by Crippen LogP contribution is 2.16. The Morgan fingerprint density at radius 1 is 1.42 bits per heavy atom. The number of carbonyl (C=O) groups is 2. The van der Waals surface area contributed by atoms with Gasteiger partial charge < -0.3 is 15.3 Å². The van der Waals surface area contributed by atoms with Gasteiger partial charge in [-0.3, -0.25) is 4.79 Å². The number of carboxylic acid groups (broad SMARTS) is 1. The Morgan fingerprint density at radius 3 is 2.68 bits per heavy atom. The first-order valence-corrected chi connectivity index (χ1v) is 5.87. The third-order valence-electron chi connectivity index (χ3n) is 2.55. The van der Waals surface area contributed by atoms with Crippen LogP contribution in [0.15, 0.2) is 24.3 Å². The van der Waals surface area contributed by atoms with Crippen LogP contribution in [0.5, 0.6) is 0 Å². The maximum absolute atomic E-state index is 11.9. The number of nitrogens with zero attached hydrogens (tertiary/aromatic N) is 1. The Morgan fingerprint density at radius 2 is 2.11 bits per heavy atom. The van der Waals surface area contributed by atoms with Crippen molar-refractivity contribution in [3.05, 3.63) is 29.8 Å². The molecule has 0 heterocycles. The fourth-order valence-corrected chi connectivity index (χ4v) is 1.59. The molecule has 5 heteroatoms. The topological polar surface area (TPSA) is 69.6 Å². The number of para-hydroxylation sites is 1. The number of hydrogen-bond acceptors (Lipinski definition) is 2. The molecular formula is C14H16N2O3. The number of carboxylic acids is 1. The lowest BCUT2D eigenvalue weighted by molar-refractivity contribution is -0.136. The number of terminal acetylenes is 1. The number of aliphatic carboxylic acids is 1. The molecule has 0 aromatic heterocycles. The van der Waals surface area contributed by atoms with E-state index in [0.717, 1.165) is 0 Å². The van der Waals surface area contributed by atoms with Crippen LogP contribution in [-0.4, -0.2) is 35.1 Å². The van der Waals surface area contributed by atoms with E-state index >= 15 is 0 Å². The molecule has 100 valence electrons. The van der Waals surface area contributed by atoms with Crippen molar-refractivity contribution in [3.8, 4) is 12.3 Å². The molecule has 1 aromatic rings. The Kier molecular flexibility index (Phi) is 5.42. The van der Waals surface area contributed by atoms with Gasteiger partial charge in [-0.05, 0) is 18.6 Å². The molecule has 0 unspecified atom stereocenters. The molecule has 19 heavy (non-hydrogen) atoms. The van der Waals surface area contributed by atoms with Gasteiger partial charge in [0.15, 0.2) is 0 Å². The second-order valence-corrected chi connectivity index (χ2v) is 3.88. The SMILES string of the molecule is C#CCN(CC)C(=O)Nc1ccccc1CC(=O)O. The number of hydrogen-bond donors (Lipinski definition) is 2. The van der Waals surface area contributed by atoms with Crippen LogP contribution < -0.4 is 5.32 Å². The van der Waals surface area contributed by atoms with E-state index in [1.54, 1.807) is 24.3 Å². The first-order chi connectivity index (χ1) is 9.08. The number of amides is 2. The summed E-state index contributed by atoms with van der Waals surface area (Å²) in [5.41, 5.74) is 1.05. The zero-order chi connectivity index (χ0) is 14.3. The highest BCUT2D eigenvalue weighted by molar-refractivity contribution is 5.91. The van der Waals surface area contributed by atoms with E-state index in [9.17, 15) is 9.59 Å². The number of benzene rings is 1. The van der Waals surface area contributed by atoms with Gasteiger partial charge in [0.2, 0.25) is 0 Å². The zero-order valence-electron chi connectivity index (χ0n) is 10.7. The summed E-state index contributed by atoms with van der Waals surface area (Å²) in [5.74, 6) is 1.46. The van der Waals surface area contributed by atoms with Crippen molar-refractivity contribution in [1.82, 2.24) is 4.90 Å². The second kappa shape index (κ2) is 7.07. The first kappa shape index (κ1) is 14.6. The normalized spacial score (nSPS) is 9.47. The quantitative estimate of drug-likeness (QED) is 0.793.